The number of pyridine rings is 1. The van der Waals surface area contributed by atoms with Crippen LogP contribution in [0.3, 0.4) is 0 Å². The number of carbonyl (C=O) groups is 2. The lowest BCUT2D eigenvalue weighted by Gasteiger charge is -2.30. The number of amides is 1. The van der Waals surface area contributed by atoms with Crippen LogP contribution in [0.4, 0.5) is 0 Å². The highest BCUT2D eigenvalue weighted by atomic mass is 16.2. The molecule has 0 bridgehead atoms. The summed E-state index contributed by atoms with van der Waals surface area (Å²) in [6.07, 6.45) is 2.41. The molecule has 4 rings (SSSR count). The van der Waals surface area contributed by atoms with Gasteiger partial charge in [0.1, 0.15) is 5.56 Å². The molecule has 0 atom stereocenters. The predicted octanol–water partition coefficient (Wildman–Crippen LogP) is 4.46. The first-order valence-corrected chi connectivity index (χ1v) is 11.5. The third-order valence-electron chi connectivity index (χ3n) is 6.26. The van der Waals surface area contributed by atoms with E-state index in [1.54, 1.807) is 4.90 Å². The van der Waals surface area contributed by atoms with Crippen LogP contribution in [0.5, 0.6) is 0 Å². The molecule has 170 valence electrons. The number of H-pyrrole nitrogens is 1. The molecule has 0 radical (unpaired) electrons. The molecule has 0 fully saturated rings. The molecular formula is C28H30N2O3. The molecule has 5 heteroatoms. The maximum Gasteiger partial charge on any atom is 0.261 e. The lowest BCUT2D eigenvalue weighted by atomic mass is 9.75. The van der Waals surface area contributed by atoms with E-state index in [2.05, 4.69) is 4.98 Å². The molecule has 1 aliphatic carbocycles. The number of rotatable bonds is 7. The van der Waals surface area contributed by atoms with E-state index in [0.29, 0.717) is 50.0 Å². The summed E-state index contributed by atoms with van der Waals surface area (Å²) < 4.78 is 0. The Labute approximate surface area is 194 Å². The van der Waals surface area contributed by atoms with Gasteiger partial charge in [-0.25, -0.2) is 0 Å². The van der Waals surface area contributed by atoms with E-state index < -0.39 is 5.56 Å². The maximum atomic E-state index is 13.5. The van der Waals surface area contributed by atoms with Gasteiger partial charge < -0.3 is 9.88 Å². The Morgan fingerprint density at radius 1 is 0.879 bits per heavy atom. The topological polar surface area (TPSA) is 70.2 Å². The number of benzene rings is 2. The van der Waals surface area contributed by atoms with Gasteiger partial charge in [0.05, 0.1) is 0 Å². The fourth-order valence-corrected chi connectivity index (χ4v) is 4.49. The highest BCUT2D eigenvalue weighted by molar-refractivity contribution is 6.02. The third kappa shape index (κ3) is 5.48. The van der Waals surface area contributed by atoms with Crippen molar-refractivity contribution < 1.29 is 9.59 Å². The molecule has 0 aliphatic heterocycles. The molecule has 0 spiro atoms. The van der Waals surface area contributed by atoms with Crippen LogP contribution < -0.4 is 5.56 Å². The minimum absolute atomic E-state index is 0.0216. The summed E-state index contributed by atoms with van der Waals surface area (Å²) in [5, 5.41) is 0. The van der Waals surface area contributed by atoms with E-state index in [0.717, 1.165) is 11.1 Å². The summed E-state index contributed by atoms with van der Waals surface area (Å²) in [5.41, 5.74) is 2.80. The smallest absolute Gasteiger partial charge is 0.261 e. The second kappa shape index (κ2) is 9.57. The second-order valence-electron chi connectivity index (χ2n) is 9.61. The number of aromatic nitrogens is 1. The highest BCUT2D eigenvalue weighted by Crippen LogP contribution is 2.33. The Balaban J connectivity index is 1.60. The fourth-order valence-electron chi connectivity index (χ4n) is 4.49. The molecule has 0 saturated carbocycles. The zero-order valence-corrected chi connectivity index (χ0v) is 19.3. The van der Waals surface area contributed by atoms with Gasteiger partial charge in [0.2, 0.25) is 0 Å². The van der Waals surface area contributed by atoms with E-state index in [9.17, 15) is 14.4 Å². The van der Waals surface area contributed by atoms with Crippen LogP contribution in [0, 0.1) is 5.41 Å². The number of ketones is 1. The van der Waals surface area contributed by atoms with Crippen LogP contribution in [-0.4, -0.2) is 34.7 Å². The summed E-state index contributed by atoms with van der Waals surface area (Å²) in [7, 11) is 0. The Bertz CT molecular complexity index is 1150. The van der Waals surface area contributed by atoms with Gasteiger partial charge in [-0.2, -0.15) is 0 Å². The number of Topliss-reactive ketones (excluding diaryl/α,β-unsaturated/α-hetero) is 1. The standard InChI is InChI=1S/C28H30N2O3/c1-28(2)18-24-22(25(31)19-28)17-23(26(32)29-24)27(33)30(15-13-20-9-5-3-6-10-20)16-14-21-11-7-4-8-12-21/h3-12,17H,13-16,18-19H2,1-2H3,(H,29,32). The van der Waals surface area contributed by atoms with Gasteiger partial charge in [-0.3, -0.25) is 14.4 Å². The Morgan fingerprint density at radius 2 is 1.42 bits per heavy atom. The number of aromatic amines is 1. The van der Waals surface area contributed by atoms with Crippen molar-refractivity contribution in [1.29, 1.82) is 0 Å². The summed E-state index contributed by atoms with van der Waals surface area (Å²) >= 11 is 0. The first kappa shape index (κ1) is 22.7. The largest absolute Gasteiger partial charge is 0.338 e. The molecular weight excluding hydrogens is 412 g/mol. The zero-order chi connectivity index (χ0) is 23.4. The SMILES string of the molecule is CC1(C)CC(=O)c2cc(C(=O)N(CCc3ccccc3)CCc3ccccc3)c(=O)[nH]c2C1. The average Bonchev–Trinajstić information content (AvgIpc) is 2.79. The van der Waals surface area contributed by atoms with Gasteiger partial charge in [-0.1, -0.05) is 74.5 Å². The van der Waals surface area contributed by atoms with Crippen molar-refractivity contribution in [2.24, 2.45) is 5.41 Å². The minimum atomic E-state index is -0.423. The van der Waals surface area contributed by atoms with Crippen molar-refractivity contribution in [1.82, 2.24) is 9.88 Å². The zero-order valence-electron chi connectivity index (χ0n) is 19.3. The predicted molar refractivity (Wildman–Crippen MR) is 130 cm³/mol. The van der Waals surface area contributed by atoms with E-state index in [-0.39, 0.29) is 22.7 Å². The molecule has 3 aromatic rings. The lowest BCUT2D eigenvalue weighted by Crippen LogP contribution is -2.39. The van der Waals surface area contributed by atoms with Crippen molar-refractivity contribution in [2.75, 3.05) is 13.1 Å². The molecule has 0 saturated heterocycles. The number of carbonyl (C=O) groups excluding carboxylic acids is 2. The normalized spacial score (nSPS) is 14.5. The van der Waals surface area contributed by atoms with Crippen LogP contribution in [-0.2, 0) is 19.3 Å². The number of fused-ring (bicyclic) bond motifs is 1. The lowest BCUT2D eigenvalue weighted by molar-refractivity contribution is 0.0757. The van der Waals surface area contributed by atoms with Gasteiger partial charge >= 0.3 is 0 Å². The summed E-state index contributed by atoms with van der Waals surface area (Å²) in [6.45, 7) is 5.01. The summed E-state index contributed by atoms with van der Waals surface area (Å²) in [4.78, 5) is 43.7. The van der Waals surface area contributed by atoms with E-state index in [1.165, 1.54) is 6.07 Å². The molecule has 1 aromatic heterocycles. The number of hydrogen-bond acceptors (Lipinski definition) is 3. The van der Waals surface area contributed by atoms with Crippen LogP contribution in [0.15, 0.2) is 71.5 Å². The van der Waals surface area contributed by atoms with Gasteiger partial charge in [-0.05, 0) is 41.9 Å². The first-order valence-electron chi connectivity index (χ1n) is 11.5. The maximum absolute atomic E-state index is 13.5. The van der Waals surface area contributed by atoms with Crippen molar-refractivity contribution >= 4 is 11.7 Å². The van der Waals surface area contributed by atoms with E-state index in [4.69, 9.17) is 0 Å². The van der Waals surface area contributed by atoms with Gasteiger partial charge in [0, 0.05) is 30.8 Å². The van der Waals surface area contributed by atoms with E-state index >= 15 is 0 Å². The molecule has 0 unspecified atom stereocenters. The second-order valence-corrected chi connectivity index (χ2v) is 9.61. The van der Waals surface area contributed by atoms with Crippen LogP contribution in [0.25, 0.3) is 0 Å². The molecule has 1 amide bonds. The first-order chi connectivity index (χ1) is 15.8. The highest BCUT2D eigenvalue weighted by Gasteiger charge is 2.33. The monoisotopic (exact) mass is 442 g/mol. The number of hydrogen-bond donors (Lipinski definition) is 1. The quantitative estimate of drug-likeness (QED) is 0.587. The molecule has 33 heavy (non-hydrogen) atoms. The van der Waals surface area contributed by atoms with Crippen molar-refractivity contribution in [3.05, 3.63) is 105 Å². The molecule has 2 aromatic carbocycles. The Morgan fingerprint density at radius 3 is 1.97 bits per heavy atom. The average molecular weight is 443 g/mol. The molecule has 1 N–H and O–H groups in total. The Kier molecular flexibility index (Phi) is 6.59. The van der Waals surface area contributed by atoms with Gasteiger partial charge in [0.15, 0.2) is 5.78 Å². The summed E-state index contributed by atoms with van der Waals surface area (Å²) in [6, 6.07) is 21.5. The van der Waals surface area contributed by atoms with Gasteiger partial charge in [0.25, 0.3) is 11.5 Å². The van der Waals surface area contributed by atoms with Crippen molar-refractivity contribution in [2.45, 2.75) is 39.5 Å². The molecule has 1 heterocycles. The van der Waals surface area contributed by atoms with Crippen molar-refractivity contribution in [3.8, 4) is 0 Å². The van der Waals surface area contributed by atoms with E-state index in [1.807, 2.05) is 74.5 Å². The Hall–Kier alpha value is -3.47. The van der Waals surface area contributed by atoms with Crippen LogP contribution >= 0.6 is 0 Å². The minimum Gasteiger partial charge on any atom is -0.338 e. The number of nitrogens with one attached hydrogen (secondary N) is 1. The van der Waals surface area contributed by atoms with Crippen molar-refractivity contribution in [3.63, 3.8) is 0 Å². The molecule has 1 aliphatic rings. The van der Waals surface area contributed by atoms with Crippen LogP contribution in [0.2, 0.25) is 0 Å². The van der Waals surface area contributed by atoms with Crippen LogP contribution in [0.1, 0.15) is 57.8 Å². The molecule has 5 nitrogen and oxygen atoms in total. The summed E-state index contributed by atoms with van der Waals surface area (Å²) in [5.74, 6) is -0.352. The fraction of sp³-hybridized carbons (Fsp3) is 0.321. The number of nitrogens with zero attached hydrogens (tertiary/aromatic N) is 1. The van der Waals surface area contributed by atoms with Gasteiger partial charge in [-0.15, -0.1) is 0 Å². The third-order valence-corrected chi connectivity index (χ3v) is 6.26.